The van der Waals surface area contributed by atoms with Crippen molar-refractivity contribution in [3.8, 4) is 0 Å². The molecule has 1 fully saturated rings. The average molecular weight is 407 g/mol. The number of ether oxygens (including phenoxy) is 1. The number of halogens is 1. The van der Waals surface area contributed by atoms with E-state index >= 15 is 0 Å². The molecule has 1 aliphatic heterocycles. The molecule has 2 aliphatic rings. The molecule has 0 unspecified atom stereocenters. The number of hydrogen-bond acceptors (Lipinski definition) is 3. The molecule has 142 valence electrons. The van der Waals surface area contributed by atoms with Gasteiger partial charge in [0.1, 0.15) is 0 Å². The molecule has 1 aliphatic carbocycles. The van der Waals surface area contributed by atoms with Crippen molar-refractivity contribution in [3.05, 3.63) is 69.5 Å². The van der Waals surface area contributed by atoms with E-state index in [0.29, 0.717) is 19.7 Å². The van der Waals surface area contributed by atoms with Crippen LogP contribution >= 0.6 is 11.6 Å². The minimum Gasteiger partial charge on any atom is -1.00 e. The zero-order valence-corrected chi connectivity index (χ0v) is 19.3. The first-order chi connectivity index (χ1) is 13.2. The van der Waals surface area contributed by atoms with E-state index in [4.69, 9.17) is 21.3 Å². The number of aryl methyl sites for hydroxylation is 2. The predicted molar refractivity (Wildman–Crippen MR) is 108 cm³/mol. The second-order valence-corrected chi connectivity index (χ2v) is 7.41. The third kappa shape index (κ3) is 4.30. The topological polar surface area (TPSA) is 42.4 Å². The number of pyridine rings is 1. The summed E-state index contributed by atoms with van der Waals surface area (Å²) < 4.78 is 5.15. The van der Waals surface area contributed by atoms with Gasteiger partial charge >= 0.3 is 35.7 Å². The average Bonchev–Trinajstić information content (AvgIpc) is 2.85. The fourth-order valence-corrected chi connectivity index (χ4v) is 4.25. The van der Waals surface area contributed by atoms with Gasteiger partial charge in [-0.1, -0.05) is 29.3 Å². The van der Waals surface area contributed by atoms with Gasteiger partial charge in [-0.25, -0.2) is 4.79 Å². The summed E-state index contributed by atoms with van der Waals surface area (Å²) in [6, 6.07) is 10.3. The standard InChI is InChI=1S/C22H23ClN2O2.Na.H/c1-2-27-22(26)25-12-9-15(10-13-25)20-19-8-7-18(23)14-17(19)6-5-16-4-3-11-24-21(16)20;;/h3-4,7-8,11,14H,2,5-6,9-10,12-13H2,1H3;;/q;+1;-1. The summed E-state index contributed by atoms with van der Waals surface area (Å²) >= 11 is 6.27. The Labute approximate surface area is 194 Å². The van der Waals surface area contributed by atoms with Crippen molar-refractivity contribution in [2.75, 3.05) is 19.7 Å². The molecule has 1 aromatic heterocycles. The van der Waals surface area contributed by atoms with Gasteiger partial charge in [0.25, 0.3) is 0 Å². The molecule has 28 heavy (non-hydrogen) atoms. The smallest absolute Gasteiger partial charge is 1.00 e. The number of carbonyl (C=O) groups excluding carboxylic acids is 1. The van der Waals surface area contributed by atoms with E-state index in [1.54, 1.807) is 4.90 Å². The SMILES string of the molecule is CCOC(=O)N1CCC(=C2c3ccc(Cl)cc3CCc3cccnc32)CC1.[H-].[Na+]. The Morgan fingerprint density at radius 2 is 1.93 bits per heavy atom. The third-order valence-electron chi connectivity index (χ3n) is 5.37. The van der Waals surface area contributed by atoms with Crippen LogP contribution < -0.4 is 29.6 Å². The molecule has 0 N–H and O–H groups in total. The van der Waals surface area contributed by atoms with Crippen molar-refractivity contribution >= 4 is 23.3 Å². The maximum Gasteiger partial charge on any atom is 1.00 e. The number of piperidine rings is 1. The van der Waals surface area contributed by atoms with Crippen LogP contribution in [-0.4, -0.2) is 35.7 Å². The number of benzene rings is 1. The Morgan fingerprint density at radius 1 is 1.18 bits per heavy atom. The molecule has 0 radical (unpaired) electrons. The molecular formula is C22H24ClN2NaO2. The van der Waals surface area contributed by atoms with E-state index in [0.717, 1.165) is 36.4 Å². The first kappa shape index (κ1) is 21.4. The molecule has 4 rings (SSSR count). The fraction of sp³-hybridized carbons (Fsp3) is 0.364. The normalized spacial score (nSPS) is 15.9. The Bertz CT molecular complexity index is 909. The minimum absolute atomic E-state index is 0. The zero-order chi connectivity index (χ0) is 18.8. The molecule has 0 spiro atoms. The predicted octanol–water partition coefficient (Wildman–Crippen LogP) is 2.00. The summed E-state index contributed by atoms with van der Waals surface area (Å²) in [6.45, 7) is 3.62. The molecule has 0 saturated carbocycles. The number of carbonyl (C=O) groups is 1. The van der Waals surface area contributed by atoms with Crippen molar-refractivity contribution in [1.29, 1.82) is 0 Å². The number of fused-ring (bicyclic) bond motifs is 2. The molecule has 6 heteroatoms. The van der Waals surface area contributed by atoms with E-state index in [1.807, 2.05) is 25.3 Å². The number of nitrogens with zero attached hydrogens (tertiary/aromatic N) is 2. The van der Waals surface area contributed by atoms with Crippen LogP contribution in [0.15, 0.2) is 42.1 Å². The van der Waals surface area contributed by atoms with Crippen LogP contribution in [-0.2, 0) is 17.6 Å². The molecule has 1 saturated heterocycles. The Kier molecular flexibility index (Phi) is 7.21. The van der Waals surface area contributed by atoms with Crippen molar-refractivity contribution in [1.82, 2.24) is 9.88 Å². The van der Waals surface area contributed by atoms with E-state index in [9.17, 15) is 4.79 Å². The Balaban J connectivity index is 0.00000150. The molecule has 4 nitrogen and oxygen atoms in total. The monoisotopic (exact) mass is 406 g/mol. The van der Waals surface area contributed by atoms with Crippen LogP contribution in [0.3, 0.4) is 0 Å². The second-order valence-electron chi connectivity index (χ2n) is 6.98. The van der Waals surface area contributed by atoms with Gasteiger partial charge in [-0.2, -0.15) is 0 Å². The van der Waals surface area contributed by atoms with Crippen molar-refractivity contribution in [3.63, 3.8) is 0 Å². The van der Waals surface area contributed by atoms with Crippen LogP contribution in [0, 0.1) is 0 Å². The number of likely N-dealkylation sites (tertiary alicyclic amines) is 1. The second kappa shape index (κ2) is 9.45. The summed E-state index contributed by atoms with van der Waals surface area (Å²) in [4.78, 5) is 18.6. The third-order valence-corrected chi connectivity index (χ3v) is 5.61. The summed E-state index contributed by atoms with van der Waals surface area (Å²) in [5, 5.41) is 0.772. The van der Waals surface area contributed by atoms with Gasteiger partial charge in [-0.05, 0) is 67.5 Å². The summed E-state index contributed by atoms with van der Waals surface area (Å²) in [5.41, 5.74) is 7.46. The summed E-state index contributed by atoms with van der Waals surface area (Å²) in [6.07, 6.45) is 5.25. The van der Waals surface area contributed by atoms with Gasteiger partial charge in [0, 0.05) is 29.9 Å². The molecule has 2 heterocycles. The minimum atomic E-state index is -0.215. The first-order valence-corrected chi connectivity index (χ1v) is 9.92. The van der Waals surface area contributed by atoms with Gasteiger partial charge in [-0.15, -0.1) is 0 Å². The van der Waals surface area contributed by atoms with E-state index in [1.165, 1.54) is 27.8 Å². The van der Waals surface area contributed by atoms with E-state index in [2.05, 4.69) is 18.2 Å². The van der Waals surface area contributed by atoms with Crippen LogP contribution in [0.1, 0.15) is 43.6 Å². The van der Waals surface area contributed by atoms with E-state index in [-0.39, 0.29) is 37.1 Å². The van der Waals surface area contributed by atoms with Crippen molar-refractivity contribution < 1.29 is 40.5 Å². The Morgan fingerprint density at radius 3 is 2.68 bits per heavy atom. The first-order valence-electron chi connectivity index (χ1n) is 9.54. The van der Waals surface area contributed by atoms with Crippen LogP contribution in [0.25, 0.3) is 5.57 Å². The maximum atomic E-state index is 12.0. The molecular weight excluding hydrogens is 383 g/mol. The van der Waals surface area contributed by atoms with Gasteiger partial charge in [0.2, 0.25) is 0 Å². The van der Waals surface area contributed by atoms with Crippen LogP contribution in [0.5, 0.6) is 0 Å². The molecule has 0 atom stereocenters. The molecule has 1 amide bonds. The van der Waals surface area contributed by atoms with Crippen molar-refractivity contribution in [2.24, 2.45) is 0 Å². The summed E-state index contributed by atoms with van der Waals surface area (Å²) in [5.74, 6) is 0. The van der Waals surface area contributed by atoms with Gasteiger partial charge < -0.3 is 11.1 Å². The molecule has 2 aromatic rings. The van der Waals surface area contributed by atoms with Crippen LogP contribution in [0.2, 0.25) is 5.02 Å². The summed E-state index contributed by atoms with van der Waals surface area (Å²) in [7, 11) is 0. The number of aromatic nitrogens is 1. The fourth-order valence-electron chi connectivity index (χ4n) is 4.06. The molecule has 1 aromatic carbocycles. The van der Waals surface area contributed by atoms with Crippen molar-refractivity contribution in [2.45, 2.75) is 32.6 Å². The van der Waals surface area contributed by atoms with Crippen LogP contribution in [0.4, 0.5) is 4.79 Å². The van der Waals surface area contributed by atoms with Gasteiger partial charge in [0.05, 0.1) is 12.3 Å². The number of amides is 1. The van der Waals surface area contributed by atoms with E-state index < -0.39 is 0 Å². The zero-order valence-electron chi connectivity index (χ0n) is 17.5. The van der Waals surface area contributed by atoms with Gasteiger partial charge in [-0.3, -0.25) is 4.98 Å². The van der Waals surface area contributed by atoms with Gasteiger partial charge in [0.15, 0.2) is 0 Å². The number of hydrogen-bond donors (Lipinski definition) is 0. The molecule has 0 bridgehead atoms. The quantitative estimate of drug-likeness (QED) is 0.680. The Hall–Kier alpha value is -1.33. The largest absolute Gasteiger partial charge is 1.00 e. The number of rotatable bonds is 1. The maximum absolute atomic E-state index is 12.0.